The fourth-order valence-corrected chi connectivity index (χ4v) is 12.6. The number of hydrogen-bond donors (Lipinski definition) is 3. The maximum Gasteiger partial charge on any atom is 0.305 e. The van der Waals surface area contributed by atoms with Crippen LogP contribution in [0.2, 0.25) is 0 Å². The standard InChI is InChI=1S/C81H155NO5/c1-3-5-7-9-11-13-15-17-19-21-23-24-25-31-34-38-41-45-49-53-57-61-65-69-73-79(84)78(77-83)82-80(85)74-70-66-62-58-54-50-46-42-39-35-32-29-27-26-28-30-33-36-40-44-48-52-56-60-64-68-72-76-87-81(86)75-71-67-63-59-55-51-47-43-37-22-20-18-16-14-12-10-8-6-4-2/h26-27,30,33,69,73,78-79,83-84H,3-25,28-29,31-32,34-68,70-72,74-77H2,1-2H3,(H,82,85)/b27-26-,33-30-,73-69+. The Morgan fingerprint density at radius 3 is 0.874 bits per heavy atom. The second-order valence-corrected chi connectivity index (χ2v) is 27.4. The molecule has 2 unspecified atom stereocenters. The van der Waals surface area contributed by atoms with E-state index in [2.05, 4.69) is 43.5 Å². The molecule has 0 rings (SSSR count). The van der Waals surface area contributed by atoms with Gasteiger partial charge in [-0.05, 0) is 64.2 Å². The number of esters is 1. The molecule has 0 aliphatic rings. The van der Waals surface area contributed by atoms with E-state index in [9.17, 15) is 19.8 Å². The predicted octanol–water partition coefficient (Wildman–Crippen LogP) is 26.2. The van der Waals surface area contributed by atoms with Crippen molar-refractivity contribution in [3.63, 3.8) is 0 Å². The molecule has 0 aromatic heterocycles. The summed E-state index contributed by atoms with van der Waals surface area (Å²) >= 11 is 0. The van der Waals surface area contributed by atoms with Crippen molar-refractivity contribution >= 4 is 11.9 Å². The second-order valence-electron chi connectivity index (χ2n) is 27.4. The van der Waals surface area contributed by atoms with Crippen LogP contribution >= 0.6 is 0 Å². The number of hydrogen-bond acceptors (Lipinski definition) is 5. The van der Waals surface area contributed by atoms with E-state index < -0.39 is 12.1 Å². The molecule has 0 fully saturated rings. The zero-order valence-electron chi connectivity index (χ0n) is 59.0. The van der Waals surface area contributed by atoms with Crippen LogP contribution in [0.1, 0.15) is 444 Å². The molecule has 0 aliphatic heterocycles. The van der Waals surface area contributed by atoms with Crippen molar-refractivity contribution in [3.05, 3.63) is 36.5 Å². The monoisotopic (exact) mass is 1220 g/mol. The summed E-state index contributed by atoms with van der Waals surface area (Å²) in [6.45, 7) is 4.95. The molecule has 6 heteroatoms. The summed E-state index contributed by atoms with van der Waals surface area (Å²) in [4.78, 5) is 24.7. The number of carbonyl (C=O) groups is 2. The molecule has 514 valence electrons. The van der Waals surface area contributed by atoms with Crippen LogP contribution in [0.25, 0.3) is 0 Å². The Morgan fingerprint density at radius 1 is 0.322 bits per heavy atom. The number of ether oxygens (including phenoxy) is 1. The van der Waals surface area contributed by atoms with E-state index in [0.717, 1.165) is 44.9 Å². The van der Waals surface area contributed by atoms with Gasteiger partial charge in [0.1, 0.15) is 0 Å². The van der Waals surface area contributed by atoms with Gasteiger partial charge in [0.25, 0.3) is 0 Å². The molecular weight excluding hydrogens is 1070 g/mol. The lowest BCUT2D eigenvalue weighted by Gasteiger charge is -2.20. The van der Waals surface area contributed by atoms with E-state index >= 15 is 0 Å². The first-order valence-electron chi connectivity index (χ1n) is 39.8. The Morgan fingerprint density at radius 2 is 0.575 bits per heavy atom. The molecule has 0 heterocycles. The van der Waals surface area contributed by atoms with Gasteiger partial charge in [0.2, 0.25) is 5.91 Å². The summed E-state index contributed by atoms with van der Waals surface area (Å²) in [6, 6.07) is -0.632. The Kier molecular flexibility index (Phi) is 74.8. The highest BCUT2D eigenvalue weighted by Gasteiger charge is 2.18. The van der Waals surface area contributed by atoms with Crippen LogP contribution < -0.4 is 5.32 Å². The van der Waals surface area contributed by atoms with Gasteiger partial charge in [0, 0.05) is 12.8 Å². The lowest BCUT2D eigenvalue weighted by Crippen LogP contribution is -2.45. The fraction of sp³-hybridized carbons (Fsp3) is 0.901. The summed E-state index contributed by atoms with van der Waals surface area (Å²) in [5, 5.41) is 23.3. The Hall–Kier alpha value is -1.92. The summed E-state index contributed by atoms with van der Waals surface area (Å²) in [6.07, 6.45) is 99.7. The third-order valence-corrected chi connectivity index (χ3v) is 18.7. The van der Waals surface area contributed by atoms with Gasteiger partial charge in [-0.3, -0.25) is 9.59 Å². The van der Waals surface area contributed by atoms with Crippen LogP contribution in [0.5, 0.6) is 0 Å². The molecule has 87 heavy (non-hydrogen) atoms. The van der Waals surface area contributed by atoms with Gasteiger partial charge in [-0.1, -0.05) is 403 Å². The molecule has 1 amide bonds. The first kappa shape index (κ1) is 85.1. The Balaban J connectivity index is 3.42. The smallest absolute Gasteiger partial charge is 0.305 e. The molecule has 0 aliphatic carbocycles. The fourth-order valence-electron chi connectivity index (χ4n) is 12.6. The number of nitrogens with one attached hydrogen (secondary N) is 1. The number of aliphatic hydroxyl groups excluding tert-OH is 2. The second kappa shape index (κ2) is 76.5. The summed E-state index contributed by atoms with van der Waals surface area (Å²) < 4.78 is 5.51. The highest BCUT2D eigenvalue weighted by molar-refractivity contribution is 5.76. The molecule has 0 spiro atoms. The van der Waals surface area contributed by atoms with Crippen molar-refractivity contribution in [3.8, 4) is 0 Å². The Bertz CT molecular complexity index is 1410. The Labute approximate surface area is 544 Å². The first-order valence-corrected chi connectivity index (χ1v) is 39.8. The van der Waals surface area contributed by atoms with Crippen LogP contribution in [0.15, 0.2) is 36.5 Å². The maximum absolute atomic E-state index is 12.6. The molecule has 2 atom stereocenters. The van der Waals surface area contributed by atoms with Crippen LogP contribution in [-0.4, -0.2) is 47.4 Å². The normalized spacial score (nSPS) is 12.6. The highest BCUT2D eigenvalue weighted by atomic mass is 16.5. The van der Waals surface area contributed by atoms with Gasteiger partial charge >= 0.3 is 5.97 Å². The predicted molar refractivity (Wildman–Crippen MR) is 384 cm³/mol. The summed E-state index contributed by atoms with van der Waals surface area (Å²) in [5.41, 5.74) is 0. The van der Waals surface area contributed by atoms with Crippen molar-refractivity contribution < 1.29 is 24.5 Å². The molecule has 6 nitrogen and oxygen atoms in total. The van der Waals surface area contributed by atoms with Gasteiger partial charge in [0.05, 0.1) is 25.4 Å². The summed E-state index contributed by atoms with van der Waals surface area (Å²) in [5.74, 6) is -0.0505. The molecular formula is C81H155NO5. The highest BCUT2D eigenvalue weighted by Crippen LogP contribution is 2.20. The van der Waals surface area contributed by atoms with Gasteiger partial charge in [-0.15, -0.1) is 0 Å². The third kappa shape index (κ3) is 73.0. The van der Waals surface area contributed by atoms with E-state index in [-0.39, 0.29) is 18.5 Å². The lowest BCUT2D eigenvalue weighted by atomic mass is 10.0. The number of unbranched alkanes of at least 4 members (excludes halogenated alkanes) is 60. The average Bonchev–Trinajstić information content (AvgIpc) is 3.53. The number of aliphatic hydroxyl groups is 2. The molecule has 0 radical (unpaired) electrons. The molecule has 0 aromatic carbocycles. The van der Waals surface area contributed by atoms with E-state index in [1.54, 1.807) is 6.08 Å². The minimum absolute atomic E-state index is 0.0160. The minimum Gasteiger partial charge on any atom is -0.466 e. The number of carbonyl (C=O) groups excluding carboxylic acids is 2. The number of rotatable bonds is 75. The van der Waals surface area contributed by atoms with Crippen molar-refractivity contribution in [2.45, 2.75) is 456 Å². The van der Waals surface area contributed by atoms with Gasteiger partial charge in [-0.2, -0.15) is 0 Å². The quantitative estimate of drug-likeness (QED) is 0.0320. The van der Waals surface area contributed by atoms with Gasteiger partial charge < -0.3 is 20.3 Å². The van der Waals surface area contributed by atoms with Crippen LogP contribution in [0.3, 0.4) is 0 Å². The van der Waals surface area contributed by atoms with Crippen molar-refractivity contribution in [1.29, 1.82) is 0 Å². The van der Waals surface area contributed by atoms with Crippen LogP contribution in [0.4, 0.5) is 0 Å². The molecule has 0 bridgehead atoms. The van der Waals surface area contributed by atoms with Crippen LogP contribution in [0, 0.1) is 0 Å². The van der Waals surface area contributed by atoms with Gasteiger partial charge in [-0.25, -0.2) is 0 Å². The SMILES string of the molecule is CCCCCCCCCCCCCCCCCCCCCCCC/C=C/C(O)C(CO)NC(=O)CCCCCCCCCCCCC/C=C\C/C=C\CCCCCCCCCCCOC(=O)CCCCCCCCCCCCCCCCCCCCC. The third-order valence-electron chi connectivity index (χ3n) is 18.7. The zero-order valence-corrected chi connectivity index (χ0v) is 59.0. The van der Waals surface area contributed by atoms with Crippen molar-refractivity contribution in [1.82, 2.24) is 5.32 Å². The van der Waals surface area contributed by atoms with E-state index in [1.807, 2.05) is 6.08 Å². The molecule has 0 aromatic rings. The number of allylic oxidation sites excluding steroid dienone is 5. The van der Waals surface area contributed by atoms with E-state index in [4.69, 9.17) is 4.74 Å². The van der Waals surface area contributed by atoms with Crippen LogP contribution in [-0.2, 0) is 14.3 Å². The maximum atomic E-state index is 12.6. The zero-order chi connectivity index (χ0) is 62.8. The van der Waals surface area contributed by atoms with Gasteiger partial charge in [0.15, 0.2) is 0 Å². The van der Waals surface area contributed by atoms with Crippen molar-refractivity contribution in [2.24, 2.45) is 0 Å². The molecule has 0 saturated carbocycles. The van der Waals surface area contributed by atoms with E-state index in [1.165, 1.54) is 372 Å². The largest absolute Gasteiger partial charge is 0.466 e. The molecule has 3 N–H and O–H groups in total. The van der Waals surface area contributed by atoms with E-state index in [0.29, 0.717) is 19.4 Å². The molecule has 0 saturated heterocycles. The van der Waals surface area contributed by atoms with Crippen molar-refractivity contribution in [2.75, 3.05) is 13.2 Å². The number of amides is 1. The topological polar surface area (TPSA) is 95.9 Å². The first-order chi connectivity index (χ1) is 43.0. The summed E-state index contributed by atoms with van der Waals surface area (Å²) in [7, 11) is 0. The minimum atomic E-state index is -0.849. The lowest BCUT2D eigenvalue weighted by molar-refractivity contribution is -0.143. The average molecular weight is 1220 g/mol.